The zero-order chi connectivity index (χ0) is 18.1. The molecule has 0 aliphatic carbocycles. The molecule has 0 bridgehead atoms. The number of hydrogen-bond acceptors (Lipinski definition) is 7. The van der Waals surface area contributed by atoms with Crippen molar-refractivity contribution in [3.8, 4) is 0 Å². The number of rotatable bonds is 3. The largest absolute Gasteiger partial charge is 0.354 e. The van der Waals surface area contributed by atoms with Crippen molar-refractivity contribution in [2.24, 2.45) is 0 Å². The van der Waals surface area contributed by atoms with Crippen LogP contribution in [0, 0.1) is 13.8 Å². The molecule has 1 fully saturated rings. The number of nitrogens with zero attached hydrogens (tertiary/aromatic N) is 5. The summed E-state index contributed by atoms with van der Waals surface area (Å²) in [5.41, 5.74) is 1.59. The number of piperidine rings is 1. The monoisotopic (exact) mass is 368 g/mol. The predicted octanol–water partition coefficient (Wildman–Crippen LogP) is 2.50. The van der Waals surface area contributed by atoms with Crippen molar-refractivity contribution in [2.75, 3.05) is 18.0 Å². The topological polar surface area (TPSA) is 83.9 Å². The van der Waals surface area contributed by atoms with E-state index in [9.17, 15) is 4.79 Å². The van der Waals surface area contributed by atoms with E-state index in [1.165, 1.54) is 22.8 Å². The maximum atomic E-state index is 12.4. The van der Waals surface area contributed by atoms with Gasteiger partial charge in [-0.15, -0.1) is 11.3 Å². The Hall–Kier alpha value is -2.61. The molecule has 3 aromatic rings. The lowest BCUT2D eigenvalue weighted by Crippen LogP contribution is -2.48. The van der Waals surface area contributed by atoms with Crippen molar-refractivity contribution in [1.29, 1.82) is 0 Å². The first kappa shape index (κ1) is 16.8. The molecular formula is C18H20N6OS. The molecule has 1 amide bonds. The van der Waals surface area contributed by atoms with Gasteiger partial charge in [-0.05, 0) is 32.3 Å². The van der Waals surface area contributed by atoms with E-state index >= 15 is 0 Å². The smallest absolute Gasteiger partial charge is 0.271 e. The summed E-state index contributed by atoms with van der Waals surface area (Å²) in [6.07, 6.45) is 8.15. The van der Waals surface area contributed by atoms with Crippen LogP contribution in [0.1, 0.15) is 33.8 Å². The fraction of sp³-hybridized carbons (Fsp3) is 0.389. The van der Waals surface area contributed by atoms with Crippen LogP contribution < -0.4 is 10.2 Å². The van der Waals surface area contributed by atoms with Crippen molar-refractivity contribution >= 4 is 33.3 Å². The Morgan fingerprint density at radius 1 is 1.27 bits per heavy atom. The van der Waals surface area contributed by atoms with Gasteiger partial charge in [0, 0.05) is 36.4 Å². The first-order chi connectivity index (χ1) is 12.6. The van der Waals surface area contributed by atoms with Gasteiger partial charge in [-0.2, -0.15) is 0 Å². The van der Waals surface area contributed by atoms with Crippen LogP contribution in [0.15, 0.2) is 24.9 Å². The molecule has 26 heavy (non-hydrogen) atoms. The van der Waals surface area contributed by atoms with Gasteiger partial charge in [0.15, 0.2) is 0 Å². The number of carbonyl (C=O) groups is 1. The minimum Gasteiger partial charge on any atom is -0.354 e. The number of aryl methyl sites for hydroxylation is 2. The van der Waals surface area contributed by atoms with Crippen LogP contribution in [-0.4, -0.2) is 45.0 Å². The van der Waals surface area contributed by atoms with Crippen LogP contribution in [0.5, 0.6) is 0 Å². The molecule has 4 heterocycles. The molecule has 1 N–H and O–H groups in total. The SMILES string of the molecule is Cc1sc2ncnc(N3CCCC(NC(=O)c4cnccn4)C3)c2c1C. The second-order valence-corrected chi connectivity index (χ2v) is 7.71. The molecule has 0 spiro atoms. The Balaban J connectivity index is 1.55. The lowest BCUT2D eigenvalue weighted by Gasteiger charge is -2.34. The summed E-state index contributed by atoms with van der Waals surface area (Å²) in [4.78, 5) is 33.9. The van der Waals surface area contributed by atoms with E-state index in [0.717, 1.165) is 42.0 Å². The number of fused-ring (bicyclic) bond motifs is 1. The quantitative estimate of drug-likeness (QED) is 0.765. The van der Waals surface area contributed by atoms with Crippen LogP contribution in [0.3, 0.4) is 0 Å². The zero-order valence-electron chi connectivity index (χ0n) is 14.8. The normalized spacial score (nSPS) is 17.5. The maximum Gasteiger partial charge on any atom is 0.271 e. The van der Waals surface area contributed by atoms with Gasteiger partial charge in [-0.1, -0.05) is 0 Å². The molecule has 1 saturated heterocycles. The molecule has 1 unspecified atom stereocenters. The number of aromatic nitrogens is 4. The van der Waals surface area contributed by atoms with Crippen LogP contribution >= 0.6 is 11.3 Å². The second kappa shape index (κ2) is 6.95. The van der Waals surface area contributed by atoms with Crippen LogP contribution in [0.2, 0.25) is 0 Å². The van der Waals surface area contributed by atoms with Crippen molar-refractivity contribution < 1.29 is 4.79 Å². The Kier molecular flexibility index (Phi) is 4.50. The minimum atomic E-state index is -0.180. The zero-order valence-corrected chi connectivity index (χ0v) is 15.6. The third-order valence-electron chi connectivity index (χ3n) is 4.80. The lowest BCUT2D eigenvalue weighted by atomic mass is 10.0. The Morgan fingerprint density at radius 3 is 2.96 bits per heavy atom. The summed E-state index contributed by atoms with van der Waals surface area (Å²) in [6, 6.07) is 0.0586. The lowest BCUT2D eigenvalue weighted by molar-refractivity contribution is 0.0927. The molecule has 1 aliphatic rings. The van der Waals surface area contributed by atoms with Gasteiger partial charge in [-0.25, -0.2) is 15.0 Å². The molecule has 0 radical (unpaired) electrons. The van der Waals surface area contributed by atoms with E-state index in [0.29, 0.717) is 5.69 Å². The van der Waals surface area contributed by atoms with Crippen molar-refractivity contribution in [1.82, 2.24) is 25.3 Å². The van der Waals surface area contributed by atoms with Crippen LogP contribution in [0.25, 0.3) is 10.2 Å². The number of amides is 1. The highest BCUT2D eigenvalue weighted by molar-refractivity contribution is 7.18. The highest BCUT2D eigenvalue weighted by Gasteiger charge is 2.25. The number of anilines is 1. The molecule has 1 atom stereocenters. The summed E-state index contributed by atoms with van der Waals surface area (Å²) in [5.74, 6) is 0.788. The molecule has 0 aromatic carbocycles. The summed E-state index contributed by atoms with van der Waals surface area (Å²) in [7, 11) is 0. The van der Waals surface area contributed by atoms with Gasteiger partial charge in [0.1, 0.15) is 22.7 Å². The Bertz CT molecular complexity index is 942. The van der Waals surface area contributed by atoms with E-state index in [2.05, 4.69) is 44.0 Å². The molecule has 8 heteroatoms. The van der Waals surface area contributed by atoms with Gasteiger partial charge >= 0.3 is 0 Å². The highest BCUT2D eigenvalue weighted by atomic mass is 32.1. The van der Waals surface area contributed by atoms with E-state index in [4.69, 9.17) is 0 Å². The van der Waals surface area contributed by atoms with Crippen molar-refractivity contribution in [3.05, 3.63) is 41.1 Å². The van der Waals surface area contributed by atoms with Gasteiger partial charge in [0.05, 0.1) is 11.6 Å². The standard InChI is InChI=1S/C18H20N6OS/c1-11-12(2)26-18-15(11)16(21-10-22-18)24-7-3-4-13(9-24)23-17(25)14-8-19-5-6-20-14/h5-6,8,10,13H,3-4,7,9H2,1-2H3,(H,23,25). The number of carbonyl (C=O) groups excluding carboxylic acids is 1. The minimum absolute atomic E-state index is 0.0586. The van der Waals surface area contributed by atoms with Gasteiger partial charge in [0.25, 0.3) is 5.91 Å². The van der Waals surface area contributed by atoms with Crippen LogP contribution in [-0.2, 0) is 0 Å². The Morgan fingerprint density at radius 2 is 2.15 bits per heavy atom. The summed E-state index contributed by atoms with van der Waals surface area (Å²) < 4.78 is 0. The third-order valence-corrected chi connectivity index (χ3v) is 5.91. The third kappa shape index (κ3) is 3.12. The molecule has 1 aliphatic heterocycles. The summed E-state index contributed by atoms with van der Waals surface area (Å²) in [5, 5.41) is 4.21. The fourth-order valence-corrected chi connectivity index (χ4v) is 4.36. The van der Waals surface area contributed by atoms with Gasteiger partial charge < -0.3 is 10.2 Å². The summed E-state index contributed by atoms with van der Waals surface area (Å²) >= 11 is 1.70. The summed E-state index contributed by atoms with van der Waals surface area (Å²) in [6.45, 7) is 5.90. The highest BCUT2D eigenvalue weighted by Crippen LogP contribution is 2.35. The average molecular weight is 368 g/mol. The first-order valence-electron chi connectivity index (χ1n) is 8.66. The molecule has 7 nitrogen and oxygen atoms in total. The van der Waals surface area contributed by atoms with Gasteiger partial charge in [0.2, 0.25) is 0 Å². The van der Waals surface area contributed by atoms with Crippen molar-refractivity contribution in [2.45, 2.75) is 32.7 Å². The molecule has 3 aromatic heterocycles. The maximum absolute atomic E-state index is 12.4. The van der Waals surface area contributed by atoms with E-state index in [-0.39, 0.29) is 11.9 Å². The van der Waals surface area contributed by atoms with Crippen molar-refractivity contribution in [3.63, 3.8) is 0 Å². The average Bonchev–Trinajstić information content (AvgIpc) is 2.97. The van der Waals surface area contributed by atoms with Gasteiger partial charge in [-0.3, -0.25) is 9.78 Å². The first-order valence-corrected chi connectivity index (χ1v) is 9.47. The van der Waals surface area contributed by atoms with E-state index in [1.807, 2.05) is 0 Å². The van der Waals surface area contributed by atoms with E-state index < -0.39 is 0 Å². The molecular weight excluding hydrogens is 348 g/mol. The molecule has 0 saturated carbocycles. The van der Waals surface area contributed by atoms with E-state index in [1.54, 1.807) is 23.9 Å². The van der Waals surface area contributed by atoms with Crippen LogP contribution in [0.4, 0.5) is 5.82 Å². The molecule has 134 valence electrons. The Labute approximate surface area is 155 Å². The number of nitrogens with one attached hydrogen (secondary N) is 1. The molecule has 4 rings (SSSR count). The predicted molar refractivity (Wildman–Crippen MR) is 102 cm³/mol. The fourth-order valence-electron chi connectivity index (χ4n) is 3.37. The second-order valence-electron chi connectivity index (χ2n) is 6.51. The number of hydrogen-bond donors (Lipinski definition) is 1. The number of thiophene rings is 1.